The Morgan fingerprint density at radius 2 is 1.42 bits per heavy atom. The molecule has 8 heteroatoms. The van der Waals surface area contributed by atoms with Crippen molar-refractivity contribution in [2.24, 2.45) is 5.73 Å². The number of nitrogens with one attached hydrogen (secondary N) is 2. The maximum atomic E-state index is 5.58. The fraction of sp³-hybridized carbons (Fsp3) is 0.870. The lowest BCUT2D eigenvalue weighted by Crippen LogP contribution is -2.18. The number of aromatic nitrogens is 3. The molecule has 1 aliphatic carbocycles. The number of rotatable bonds is 18. The Balaban J connectivity index is 1.79. The molecule has 1 aliphatic rings. The first-order valence-corrected chi connectivity index (χ1v) is 12.4. The molecule has 1 saturated carbocycles. The van der Waals surface area contributed by atoms with Crippen molar-refractivity contribution in [2.75, 3.05) is 56.7 Å². The zero-order valence-electron chi connectivity index (χ0n) is 19.5. The van der Waals surface area contributed by atoms with E-state index < -0.39 is 0 Å². The van der Waals surface area contributed by atoms with Gasteiger partial charge in [0, 0.05) is 25.6 Å². The van der Waals surface area contributed by atoms with Gasteiger partial charge in [0.05, 0.1) is 26.4 Å². The summed E-state index contributed by atoms with van der Waals surface area (Å²) in [5.41, 5.74) is 5.40. The molecule has 0 amide bonds. The highest BCUT2D eigenvalue weighted by Gasteiger charge is 2.20. The summed E-state index contributed by atoms with van der Waals surface area (Å²) in [6, 6.07) is 0. The van der Waals surface area contributed by atoms with Crippen molar-refractivity contribution in [3.05, 3.63) is 5.82 Å². The van der Waals surface area contributed by atoms with Crippen molar-refractivity contribution >= 4 is 11.9 Å². The molecule has 1 fully saturated rings. The van der Waals surface area contributed by atoms with Crippen molar-refractivity contribution in [1.82, 2.24) is 15.0 Å². The Hall–Kier alpha value is -1.51. The monoisotopic (exact) mass is 436 g/mol. The lowest BCUT2D eigenvalue weighted by Gasteiger charge is -2.21. The average molecular weight is 437 g/mol. The minimum Gasteiger partial charge on any atom is -0.378 e. The molecule has 0 saturated heterocycles. The van der Waals surface area contributed by atoms with Crippen molar-refractivity contribution in [3.8, 4) is 0 Å². The number of nitrogens with two attached hydrogens (primary N) is 1. The lowest BCUT2D eigenvalue weighted by atomic mass is 9.89. The third-order valence-corrected chi connectivity index (χ3v) is 5.60. The smallest absolute Gasteiger partial charge is 0.227 e. The largest absolute Gasteiger partial charge is 0.378 e. The molecule has 31 heavy (non-hydrogen) atoms. The van der Waals surface area contributed by atoms with Crippen LogP contribution in [-0.2, 0) is 9.47 Å². The molecule has 4 N–H and O–H groups in total. The second-order valence-corrected chi connectivity index (χ2v) is 8.31. The number of ether oxygens (including phenoxy) is 2. The highest BCUT2D eigenvalue weighted by Crippen LogP contribution is 2.31. The molecular weight excluding hydrogens is 392 g/mol. The summed E-state index contributed by atoms with van der Waals surface area (Å²) >= 11 is 0. The molecule has 1 aromatic rings. The number of anilines is 2. The van der Waals surface area contributed by atoms with E-state index in [4.69, 9.17) is 25.2 Å². The van der Waals surface area contributed by atoms with Gasteiger partial charge >= 0.3 is 0 Å². The van der Waals surface area contributed by atoms with Crippen LogP contribution >= 0.6 is 0 Å². The Morgan fingerprint density at radius 3 is 2.13 bits per heavy atom. The molecule has 178 valence electrons. The normalized spacial score (nSPS) is 14.6. The van der Waals surface area contributed by atoms with Crippen LogP contribution in [-0.4, -0.2) is 61.0 Å². The van der Waals surface area contributed by atoms with Crippen molar-refractivity contribution in [2.45, 2.75) is 83.5 Å². The summed E-state index contributed by atoms with van der Waals surface area (Å²) in [4.78, 5) is 14.1. The van der Waals surface area contributed by atoms with Gasteiger partial charge in [-0.1, -0.05) is 58.3 Å². The number of hydrogen-bond acceptors (Lipinski definition) is 8. The number of nitrogens with zero attached hydrogens (tertiary/aromatic N) is 3. The summed E-state index contributed by atoms with van der Waals surface area (Å²) in [6.45, 7) is 6.65. The van der Waals surface area contributed by atoms with Gasteiger partial charge in [0.1, 0.15) is 5.82 Å². The molecule has 0 radical (unpaired) electrons. The molecule has 0 aliphatic heterocycles. The van der Waals surface area contributed by atoms with Gasteiger partial charge in [-0.15, -0.1) is 0 Å². The highest BCUT2D eigenvalue weighted by molar-refractivity contribution is 5.35. The SMILES string of the molecule is CCCCCCCCNc1nc(NCCOCCOCCN)nc(C2CCCCC2)n1. The van der Waals surface area contributed by atoms with Crippen LogP contribution in [0.1, 0.15) is 89.3 Å². The third kappa shape index (κ3) is 11.6. The molecule has 1 aromatic heterocycles. The minimum atomic E-state index is 0.447. The molecule has 1 heterocycles. The molecule has 0 atom stereocenters. The van der Waals surface area contributed by atoms with Crippen LogP contribution in [0.3, 0.4) is 0 Å². The molecule has 0 aromatic carbocycles. The zero-order valence-corrected chi connectivity index (χ0v) is 19.5. The molecule has 0 spiro atoms. The number of hydrogen-bond donors (Lipinski definition) is 3. The van der Waals surface area contributed by atoms with Crippen LogP contribution in [0.25, 0.3) is 0 Å². The number of unbranched alkanes of at least 4 members (excludes halogenated alkanes) is 5. The molecule has 0 unspecified atom stereocenters. The lowest BCUT2D eigenvalue weighted by molar-refractivity contribution is 0.0547. The first-order valence-electron chi connectivity index (χ1n) is 12.4. The third-order valence-electron chi connectivity index (χ3n) is 5.60. The standard InChI is InChI=1S/C23H44N6O2/c1-2-3-4-5-6-10-14-25-22-27-21(20-11-8-7-9-12-20)28-23(29-22)26-15-17-31-19-18-30-16-13-24/h20H,2-19,24H2,1H3,(H2,25,26,27,28,29). The fourth-order valence-electron chi connectivity index (χ4n) is 3.84. The van der Waals surface area contributed by atoms with Crippen LogP contribution in [0.15, 0.2) is 0 Å². The average Bonchev–Trinajstić information content (AvgIpc) is 2.81. The van der Waals surface area contributed by atoms with Gasteiger partial charge in [-0.25, -0.2) is 0 Å². The van der Waals surface area contributed by atoms with Crippen molar-refractivity contribution in [1.29, 1.82) is 0 Å². The first-order chi connectivity index (χ1) is 15.3. The Labute approximate surface area is 188 Å². The van der Waals surface area contributed by atoms with Crippen LogP contribution in [0.2, 0.25) is 0 Å². The molecule has 8 nitrogen and oxygen atoms in total. The van der Waals surface area contributed by atoms with Crippen LogP contribution in [0.4, 0.5) is 11.9 Å². The minimum absolute atomic E-state index is 0.447. The maximum absolute atomic E-state index is 5.58. The Kier molecular flexibility index (Phi) is 14.2. The van der Waals surface area contributed by atoms with E-state index in [1.54, 1.807) is 0 Å². The molecule has 0 bridgehead atoms. The van der Waals surface area contributed by atoms with E-state index in [1.165, 1.54) is 64.2 Å². The van der Waals surface area contributed by atoms with Gasteiger partial charge in [0.25, 0.3) is 0 Å². The maximum Gasteiger partial charge on any atom is 0.227 e. The summed E-state index contributed by atoms with van der Waals surface area (Å²) in [7, 11) is 0. The van der Waals surface area contributed by atoms with E-state index >= 15 is 0 Å². The summed E-state index contributed by atoms with van der Waals surface area (Å²) in [6.07, 6.45) is 13.9. The topological polar surface area (TPSA) is 107 Å². The summed E-state index contributed by atoms with van der Waals surface area (Å²) in [5, 5.41) is 6.73. The van der Waals surface area contributed by atoms with Crippen molar-refractivity contribution < 1.29 is 9.47 Å². The summed E-state index contributed by atoms with van der Waals surface area (Å²) in [5.74, 6) is 2.72. The fourth-order valence-corrected chi connectivity index (χ4v) is 3.84. The van der Waals surface area contributed by atoms with E-state index in [2.05, 4.69) is 22.5 Å². The van der Waals surface area contributed by atoms with Gasteiger partial charge in [0.2, 0.25) is 11.9 Å². The van der Waals surface area contributed by atoms with E-state index in [0.717, 1.165) is 18.8 Å². The second-order valence-electron chi connectivity index (χ2n) is 8.31. The Morgan fingerprint density at radius 1 is 0.774 bits per heavy atom. The molecular formula is C23H44N6O2. The van der Waals surface area contributed by atoms with Gasteiger partial charge in [-0.3, -0.25) is 0 Å². The summed E-state index contributed by atoms with van der Waals surface area (Å²) < 4.78 is 10.9. The van der Waals surface area contributed by atoms with Crippen LogP contribution < -0.4 is 16.4 Å². The van der Waals surface area contributed by atoms with Gasteiger partial charge in [0.15, 0.2) is 0 Å². The highest BCUT2D eigenvalue weighted by atomic mass is 16.5. The van der Waals surface area contributed by atoms with Crippen LogP contribution in [0.5, 0.6) is 0 Å². The van der Waals surface area contributed by atoms with Gasteiger partial charge < -0.3 is 25.8 Å². The zero-order chi connectivity index (χ0) is 22.0. The quantitative estimate of drug-likeness (QED) is 0.295. The van der Waals surface area contributed by atoms with Crippen LogP contribution in [0, 0.1) is 0 Å². The predicted molar refractivity (Wildman–Crippen MR) is 127 cm³/mol. The predicted octanol–water partition coefficient (Wildman–Crippen LogP) is 4.10. The van der Waals surface area contributed by atoms with Gasteiger partial charge in [-0.05, 0) is 19.3 Å². The Bertz CT molecular complexity index is 569. The first kappa shape index (κ1) is 25.7. The van der Waals surface area contributed by atoms with Crippen molar-refractivity contribution in [3.63, 3.8) is 0 Å². The van der Waals surface area contributed by atoms with E-state index in [9.17, 15) is 0 Å². The molecule has 2 rings (SSSR count). The van der Waals surface area contributed by atoms with E-state index in [0.29, 0.717) is 57.3 Å². The van der Waals surface area contributed by atoms with E-state index in [1.807, 2.05) is 0 Å². The van der Waals surface area contributed by atoms with E-state index in [-0.39, 0.29) is 0 Å². The second kappa shape index (κ2) is 17.1. The van der Waals surface area contributed by atoms with Gasteiger partial charge in [-0.2, -0.15) is 15.0 Å².